The predicted molar refractivity (Wildman–Crippen MR) is 69.4 cm³/mol. The van der Waals surface area contributed by atoms with Crippen molar-refractivity contribution in [1.82, 2.24) is 5.32 Å². The van der Waals surface area contributed by atoms with Gasteiger partial charge in [0.15, 0.2) is 0 Å². The molecule has 0 aromatic heterocycles. The molecule has 0 aliphatic carbocycles. The minimum Gasteiger partial charge on any atom is -0.492 e. The number of amides is 1. The van der Waals surface area contributed by atoms with Crippen LogP contribution in [0.1, 0.15) is 19.8 Å². The standard InChI is InChI=1S/C13H19FN2O2/c1-3-18-12-9-10(14)6-7-11(12)16-13(17)5-4-8-15-2/h6-7,9,15H,3-5,8H2,1-2H3,(H,16,17). The molecular formula is C13H19FN2O2. The second-order valence-corrected chi connectivity index (χ2v) is 3.83. The van der Waals surface area contributed by atoms with Crippen LogP contribution in [0.15, 0.2) is 18.2 Å². The SMILES string of the molecule is CCOc1cc(F)ccc1NC(=O)CCCNC. The molecule has 1 rings (SSSR count). The van der Waals surface area contributed by atoms with Crippen LogP contribution in [0.4, 0.5) is 10.1 Å². The molecule has 1 amide bonds. The van der Waals surface area contributed by atoms with Crippen molar-refractivity contribution in [1.29, 1.82) is 0 Å². The van der Waals surface area contributed by atoms with Crippen LogP contribution in [-0.2, 0) is 4.79 Å². The second kappa shape index (κ2) is 7.66. The van der Waals surface area contributed by atoms with Gasteiger partial charge in [-0.25, -0.2) is 4.39 Å². The molecule has 0 radical (unpaired) electrons. The summed E-state index contributed by atoms with van der Waals surface area (Å²) in [4.78, 5) is 11.6. The molecule has 0 atom stereocenters. The van der Waals surface area contributed by atoms with Crippen molar-refractivity contribution in [2.24, 2.45) is 0 Å². The molecule has 100 valence electrons. The zero-order chi connectivity index (χ0) is 13.4. The van der Waals surface area contributed by atoms with E-state index in [4.69, 9.17) is 4.74 Å². The molecule has 0 saturated carbocycles. The Labute approximate surface area is 107 Å². The number of anilines is 1. The van der Waals surface area contributed by atoms with Gasteiger partial charge in [-0.3, -0.25) is 4.79 Å². The monoisotopic (exact) mass is 254 g/mol. The predicted octanol–water partition coefficient (Wildman–Crippen LogP) is 2.16. The first kappa shape index (κ1) is 14.4. The van der Waals surface area contributed by atoms with Crippen molar-refractivity contribution in [3.8, 4) is 5.75 Å². The lowest BCUT2D eigenvalue weighted by atomic mass is 10.2. The van der Waals surface area contributed by atoms with E-state index in [1.54, 1.807) is 0 Å². The highest BCUT2D eigenvalue weighted by molar-refractivity contribution is 5.92. The first-order valence-electron chi connectivity index (χ1n) is 6.04. The number of carbonyl (C=O) groups excluding carboxylic acids is 1. The molecule has 0 heterocycles. The fraction of sp³-hybridized carbons (Fsp3) is 0.462. The van der Waals surface area contributed by atoms with E-state index in [1.807, 2.05) is 14.0 Å². The number of rotatable bonds is 7. The lowest BCUT2D eigenvalue weighted by molar-refractivity contribution is -0.116. The van der Waals surface area contributed by atoms with Gasteiger partial charge in [-0.05, 0) is 39.1 Å². The Balaban J connectivity index is 2.62. The maximum absolute atomic E-state index is 13.1. The van der Waals surface area contributed by atoms with Gasteiger partial charge in [0.05, 0.1) is 12.3 Å². The van der Waals surface area contributed by atoms with E-state index in [0.29, 0.717) is 24.5 Å². The molecule has 5 heteroatoms. The summed E-state index contributed by atoms with van der Waals surface area (Å²) in [6, 6.07) is 4.08. The molecule has 0 spiro atoms. The second-order valence-electron chi connectivity index (χ2n) is 3.83. The summed E-state index contributed by atoms with van der Waals surface area (Å²) < 4.78 is 18.3. The average Bonchev–Trinajstić information content (AvgIpc) is 2.33. The average molecular weight is 254 g/mol. The summed E-state index contributed by atoms with van der Waals surface area (Å²) in [7, 11) is 1.84. The summed E-state index contributed by atoms with van der Waals surface area (Å²) in [5.41, 5.74) is 0.507. The zero-order valence-electron chi connectivity index (χ0n) is 10.8. The van der Waals surface area contributed by atoms with Gasteiger partial charge in [-0.1, -0.05) is 0 Å². The zero-order valence-corrected chi connectivity index (χ0v) is 10.8. The first-order chi connectivity index (χ1) is 8.67. The lowest BCUT2D eigenvalue weighted by Crippen LogP contribution is -2.15. The topological polar surface area (TPSA) is 50.4 Å². The lowest BCUT2D eigenvalue weighted by Gasteiger charge is -2.11. The van der Waals surface area contributed by atoms with Crippen LogP contribution in [-0.4, -0.2) is 26.1 Å². The van der Waals surface area contributed by atoms with Crippen LogP contribution in [0.5, 0.6) is 5.75 Å². The van der Waals surface area contributed by atoms with Gasteiger partial charge in [0, 0.05) is 12.5 Å². The van der Waals surface area contributed by atoms with Crippen LogP contribution in [0.2, 0.25) is 0 Å². The molecule has 0 saturated heterocycles. The maximum Gasteiger partial charge on any atom is 0.224 e. The van der Waals surface area contributed by atoms with E-state index in [1.165, 1.54) is 18.2 Å². The Morgan fingerprint density at radius 2 is 2.22 bits per heavy atom. The highest BCUT2D eigenvalue weighted by atomic mass is 19.1. The number of benzene rings is 1. The molecular weight excluding hydrogens is 235 g/mol. The van der Waals surface area contributed by atoms with Gasteiger partial charge in [0.25, 0.3) is 0 Å². The number of nitrogens with one attached hydrogen (secondary N) is 2. The smallest absolute Gasteiger partial charge is 0.224 e. The summed E-state index contributed by atoms with van der Waals surface area (Å²) in [5.74, 6) is -0.121. The minimum absolute atomic E-state index is 0.0992. The van der Waals surface area contributed by atoms with Crippen LogP contribution >= 0.6 is 0 Å². The Morgan fingerprint density at radius 3 is 2.89 bits per heavy atom. The third-order valence-corrected chi connectivity index (χ3v) is 2.35. The summed E-state index contributed by atoms with van der Waals surface area (Å²) in [5, 5.41) is 5.69. The molecule has 0 bridgehead atoms. The van der Waals surface area contributed by atoms with Gasteiger partial charge < -0.3 is 15.4 Å². The molecule has 0 fully saturated rings. The Morgan fingerprint density at radius 1 is 1.44 bits per heavy atom. The van der Waals surface area contributed by atoms with E-state index < -0.39 is 0 Å². The van der Waals surface area contributed by atoms with Crippen molar-refractivity contribution in [3.05, 3.63) is 24.0 Å². The molecule has 18 heavy (non-hydrogen) atoms. The summed E-state index contributed by atoms with van der Waals surface area (Å²) in [6.45, 7) is 3.02. The molecule has 2 N–H and O–H groups in total. The van der Waals surface area contributed by atoms with E-state index in [-0.39, 0.29) is 11.7 Å². The van der Waals surface area contributed by atoms with Crippen LogP contribution in [0, 0.1) is 5.82 Å². The number of carbonyl (C=O) groups is 1. The quantitative estimate of drug-likeness (QED) is 0.733. The Kier molecular flexibility index (Phi) is 6.14. The molecule has 0 unspecified atom stereocenters. The summed E-state index contributed by atoms with van der Waals surface area (Å²) >= 11 is 0. The number of halogens is 1. The van der Waals surface area contributed by atoms with Gasteiger partial charge in [-0.15, -0.1) is 0 Å². The molecule has 1 aromatic rings. The molecule has 0 aliphatic heterocycles. The van der Waals surface area contributed by atoms with E-state index in [9.17, 15) is 9.18 Å². The van der Waals surface area contributed by atoms with Gasteiger partial charge in [-0.2, -0.15) is 0 Å². The largest absolute Gasteiger partial charge is 0.492 e. The normalized spacial score (nSPS) is 10.2. The summed E-state index contributed by atoms with van der Waals surface area (Å²) in [6.07, 6.45) is 1.18. The Hall–Kier alpha value is -1.62. The fourth-order valence-electron chi connectivity index (χ4n) is 1.51. The van der Waals surface area contributed by atoms with Gasteiger partial charge >= 0.3 is 0 Å². The highest BCUT2D eigenvalue weighted by Crippen LogP contribution is 2.25. The fourth-order valence-corrected chi connectivity index (χ4v) is 1.51. The van der Waals surface area contributed by atoms with Crippen molar-refractivity contribution in [2.75, 3.05) is 25.5 Å². The van der Waals surface area contributed by atoms with Crippen molar-refractivity contribution >= 4 is 11.6 Å². The van der Waals surface area contributed by atoms with E-state index in [0.717, 1.165) is 13.0 Å². The number of hydrogen-bond acceptors (Lipinski definition) is 3. The van der Waals surface area contributed by atoms with Gasteiger partial charge in [0.1, 0.15) is 11.6 Å². The van der Waals surface area contributed by atoms with Crippen molar-refractivity contribution < 1.29 is 13.9 Å². The van der Waals surface area contributed by atoms with Crippen molar-refractivity contribution in [3.63, 3.8) is 0 Å². The molecule has 4 nitrogen and oxygen atoms in total. The molecule has 1 aromatic carbocycles. The number of hydrogen-bond donors (Lipinski definition) is 2. The maximum atomic E-state index is 13.1. The van der Waals surface area contributed by atoms with Crippen LogP contribution < -0.4 is 15.4 Å². The third-order valence-electron chi connectivity index (χ3n) is 2.35. The van der Waals surface area contributed by atoms with Crippen LogP contribution in [0.3, 0.4) is 0 Å². The number of ether oxygens (including phenoxy) is 1. The van der Waals surface area contributed by atoms with Crippen LogP contribution in [0.25, 0.3) is 0 Å². The molecule has 0 aliphatic rings. The minimum atomic E-state index is -0.383. The van der Waals surface area contributed by atoms with Crippen molar-refractivity contribution in [2.45, 2.75) is 19.8 Å². The van der Waals surface area contributed by atoms with E-state index >= 15 is 0 Å². The van der Waals surface area contributed by atoms with Gasteiger partial charge in [0.2, 0.25) is 5.91 Å². The third kappa shape index (κ3) is 4.71. The highest BCUT2D eigenvalue weighted by Gasteiger charge is 2.08. The first-order valence-corrected chi connectivity index (χ1v) is 6.04. The Bertz CT molecular complexity index is 397. The van der Waals surface area contributed by atoms with E-state index in [2.05, 4.69) is 10.6 Å².